The van der Waals surface area contributed by atoms with Gasteiger partial charge in [0.15, 0.2) is 0 Å². The third kappa shape index (κ3) is 5.68. The summed E-state index contributed by atoms with van der Waals surface area (Å²) in [7, 11) is 0. The number of alkyl halides is 3. The second kappa shape index (κ2) is 7.29. The van der Waals surface area contributed by atoms with E-state index in [0.717, 1.165) is 12.3 Å². The van der Waals surface area contributed by atoms with Gasteiger partial charge in [-0.15, -0.1) is 0 Å². The van der Waals surface area contributed by atoms with Gasteiger partial charge >= 0.3 is 6.18 Å². The van der Waals surface area contributed by atoms with Gasteiger partial charge in [0.25, 0.3) is 0 Å². The van der Waals surface area contributed by atoms with E-state index >= 15 is 0 Å². The van der Waals surface area contributed by atoms with E-state index in [1.165, 1.54) is 4.90 Å². The molecule has 0 aliphatic carbocycles. The molecule has 0 amide bonds. The van der Waals surface area contributed by atoms with E-state index in [1.807, 2.05) is 12.1 Å². The Kier molecular flexibility index (Phi) is 5.66. The van der Waals surface area contributed by atoms with Crippen LogP contribution in [-0.2, 0) is 6.54 Å². The van der Waals surface area contributed by atoms with Crippen molar-refractivity contribution in [2.75, 3.05) is 39.3 Å². The zero-order valence-corrected chi connectivity index (χ0v) is 12.2. The molecule has 7 heteroatoms. The number of nitrogens with one attached hydrogen (secondary N) is 1. The molecule has 0 spiro atoms. The predicted octanol–water partition coefficient (Wildman–Crippen LogP) is 1.94. The van der Waals surface area contributed by atoms with Crippen LogP contribution < -0.4 is 5.32 Å². The van der Waals surface area contributed by atoms with Gasteiger partial charge in [0, 0.05) is 38.8 Å². The molecule has 0 radical (unpaired) electrons. The van der Waals surface area contributed by atoms with Crippen molar-refractivity contribution in [1.29, 1.82) is 0 Å². The molecule has 0 aromatic carbocycles. The zero-order valence-electron chi connectivity index (χ0n) is 12.2. The minimum absolute atomic E-state index is 0.299. The maximum atomic E-state index is 12.3. The molecule has 1 atom stereocenters. The Labute approximate surface area is 122 Å². The smallest absolute Gasteiger partial charge is 0.401 e. The van der Waals surface area contributed by atoms with Crippen LogP contribution in [0.15, 0.2) is 22.8 Å². The molecular formula is C14H22F3N3O. The van der Waals surface area contributed by atoms with Crippen molar-refractivity contribution in [3.8, 4) is 0 Å². The van der Waals surface area contributed by atoms with Gasteiger partial charge in [0.2, 0.25) is 0 Å². The zero-order chi connectivity index (χ0) is 15.3. The maximum absolute atomic E-state index is 12.3. The molecule has 1 aliphatic rings. The second-order valence-electron chi connectivity index (χ2n) is 5.49. The van der Waals surface area contributed by atoms with Gasteiger partial charge in [0.1, 0.15) is 5.76 Å². The van der Waals surface area contributed by atoms with E-state index in [9.17, 15) is 13.2 Å². The fourth-order valence-corrected chi connectivity index (χ4v) is 2.56. The Morgan fingerprint density at radius 3 is 2.57 bits per heavy atom. The average molecular weight is 305 g/mol. The molecule has 2 rings (SSSR count). The highest BCUT2D eigenvalue weighted by molar-refractivity contribution is 4.97. The monoisotopic (exact) mass is 305 g/mol. The lowest BCUT2D eigenvalue weighted by atomic mass is 10.2. The maximum Gasteiger partial charge on any atom is 0.401 e. The Hall–Kier alpha value is -1.05. The van der Waals surface area contributed by atoms with Crippen molar-refractivity contribution >= 4 is 0 Å². The summed E-state index contributed by atoms with van der Waals surface area (Å²) in [5, 5.41) is 3.31. The molecule has 4 nitrogen and oxygen atoms in total. The molecule has 1 aromatic rings. The SMILES string of the molecule is CC(CNCc1ccco1)N1CCN(CC(F)(F)F)CC1. The van der Waals surface area contributed by atoms with Crippen LogP contribution in [0.4, 0.5) is 13.2 Å². The Balaban J connectivity index is 1.64. The van der Waals surface area contributed by atoms with Crippen molar-refractivity contribution < 1.29 is 17.6 Å². The minimum Gasteiger partial charge on any atom is -0.468 e. The quantitative estimate of drug-likeness (QED) is 0.870. The van der Waals surface area contributed by atoms with Crippen LogP contribution in [0.25, 0.3) is 0 Å². The van der Waals surface area contributed by atoms with Gasteiger partial charge in [-0.2, -0.15) is 13.2 Å². The van der Waals surface area contributed by atoms with Crippen molar-refractivity contribution in [1.82, 2.24) is 15.1 Å². The third-order valence-corrected chi connectivity index (χ3v) is 3.75. The topological polar surface area (TPSA) is 31.7 Å². The molecule has 1 aliphatic heterocycles. The molecular weight excluding hydrogens is 283 g/mol. The number of halogens is 3. The molecule has 120 valence electrons. The Morgan fingerprint density at radius 2 is 2.00 bits per heavy atom. The summed E-state index contributed by atoms with van der Waals surface area (Å²) in [4.78, 5) is 3.70. The normalized spacial score (nSPS) is 19.8. The third-order valence-electron chi connectivity index (χ3n) is 3.75. The number of piperazine rings is 1. The molecule has 0 bridgehead atoms. The first-order valence-corrected chi connectivity index (χ1v) is 7.20. The largest absolute Gasteiger partial charge is 0.468 e. The second-order valence-corrected chi connectivity index (χ2v) is 5.49. The minimum atomic E-state index is -4.10. The molecule has 1 N–H and O–H groups in total. The van der Waals surface area contributed by atoms with Crippen LogP contribution in [0.3, 0.4) is 0 Å². The van der Waals surface area contributed by atoms with Crippen molar-refractivity contribution in [3.63, 3.8) is 0 Å². The predicted molar refractivity (Wildman–Crippen MR) is 73.9 cm³/mol. The molecule has 0 saturated carbocycles. The number of furan rings is 1. The lowest BCUT2D eigenvalue weighted by Gasteiger charge is -2.38. The summed E-state index contributed by atoms with van der Waals surface area (Å²) in [6.45, 7) is 5.06. The number of rotatable bonds is 6. The fourth-order valence-electron chi connectivity index (χ4n) is 2.56. The molecule has 1 saturated heterocycles. The van der Waals surface area contributed by atoms with Crippen LogP contribution in [0.2, 0.25) is 0 Å². The van der Waals surface area contributed by atoms with Gasteiger partial charge in [-0.05, 0) is 19.1 Å². The van der Waals surface area contributed by atoms with E-state index in [4.69, 9.17) is 4.42 Å². The summed E-state index contributed by atoms with van der Waals surface area (Å²) in [6.07, 6.45) is -2.46. The van der Waals surface area contributed by atoms with E-state index in [-0.39, 0.29) is 0 Å². The van der Waals surface area contributed by atoms with Gasteiger partial charge in [-0.1, -0.05) is 0 Å². The van der Waals surface area contributed by atoms with E-state index in [2.05, 4.69) is 17.1 Å². The van der Waals surface area contributed by atoms with Gasteiger partial charge in [-0.25, -0.2) is 0 Å². The van der Waals surface area contributed by atoms with Crippen LogP contribution >= 0.6 is 0 Å². The first kappa shape index (κ1) is 16.3. The van der Waals surface area contributed by atoms with E-state index in [1.54, 1.807) is 6.26 Å². The van der Waals surface area contributed by atoms with Gasteiger partial charge in [0.05, 0.1) is 19.4 Å². The number of hydrogen-bond donors (Lipinski definition) is 1. The lowest BCUT2D eigenvalue weighted by molar-refractivity contribution is -0.149. The first-order chi connectivity index (χ1) is 9.94. The first-order valence-electron chi connectivity index (χ1n) is 7.20. The molecule has 1 unspecified atom stereocenters. The van der Waals surface area contributed by atoms with Crippen LogP contribution in [0.1, 0.15) is 12.7 Å². The van der Waals surface area contributed by atoms with Crippen molar-refractivity contribution in [2.24, 2.45) is 0 Å². The van der Waals surface area contributed by atoms with Crippen molar-refractivity contribution in [3.05, 3.63) is 24.2 Å². The molecule has 1 fully saturated rings. The van der Waals surface area contributed by atoms with Crippen LogP contribution in [0, 0.1) is 0 Å². The van der Waals surface area contributed by atoms with Crippen molar-refractivity contribution in [2.45, 2.75) is 25.7 Å². The summed E-state index contributed by atoms with van der Waals surface area (Å²) in [6, 6.07) is 4.06. The van der Waals surface area contributed by atoms with E-state index in [0.29, 0.717) is 38.8 Å². The number of nitrogens with zero attached hydrogens (tertiary/aromatic N) is 2. The summed E-state index contributed by atoms with van der Waals surface area (Å²) in [5.41, 5.74) is 0. The van der Waals surface area contributed by atoms with Gasteiger partial charge < -0.3 is 9.73 Å². The van der Waals surface area contributed by atoms with Crippen LogP contribution in [0.5, 0.6) is 0 Å². The lowest BCUT2D eigenvalue weighted by Crippen LogP contribution is -2.53. The highest BCUT2D eigenvalue weighted by Crippen LogP contribution is 2.17. The Morgan fingerprint density at radius 1 is 1.29 bits per heavy atom. The summed E-state index contributed by atoms with van der Waals surface area (Å²) in [5.74, 6) is 0.886. The average Bonchev–Trinajstić information content (AvgIpc) is 2.91. The number of hydrogen-bond acceptors (Lipinski definition) is 4. The fraction of sp³-hybridized carbons (Fsp3) is 0.714. The summed E-state index contributed by atoms with van der Waals surface area (Å²) >= 11 is 0. The highest BCUT2D eigenvalue weighted by Gasteiger charge is 2.32. The van der Waals surface area contributed by atoms with E-state index < -0.39 is 12.7 Å². The molecule has 2 heterocycles. The highest BCUT2D eigenvalue weighted by atomic mass is 19.4. The Bertz CT molecular complexity index is 400. The molecule has 21 heavy (non-hydrogen) atoms. The van der Waals surface area contributed by atoms with Gasteiger partial charge in [-0.3, -0.25) is 9.80 Å². The molecule has 1 aromatic heterocycles. The standard InChI is InChI=1S/C14H22F3N3O/c1-12(9-18-10-13-3-2-8-21-13)20-6-4-19(5-7-20)11-14(15,16)17/h2-3,8,12,18H,4-7,9-11H2,1H3. The van der Waals surface area contributed by atoms with Crippen LogP contribution in [-0.4, -0.2) is 61.3 Å². The summed E-state index contributed by atoms with van der Waals surface area (Å²) < 4.78 is 42.2.